The molecule has 1 aromatic heterocycles. The fraction of sp³-hybridized carbons (Fsp3) is 0.158. The Morgan fingerprint density at radius 3 is 2.58 bits per heavy atom. The molecule has 26 heavy (non-hydrogen) atoms. The number of nitrogens with zero attached hydrogens (tertiary/aromatic N) is 2. The third-order valence-electron chi connectivity index (χ3n) is 3.54. The second-order valence-electron chi connectivity index (χ2n) is 5.57. The fourth-order valence-electron chi connectivity index (χ4n) is 2.36. The number of thioether (sulfide) groups is 1. The average molecular weight is 423 g/mol. The number of thiazole rings is 1. The van der Waals surface area contributed by atoms with E-state index in [4.69, 9.17) is 23.2 Å². The molecule has 0 saturated carbocycles. The fourth-order valence-corrected chi connectivity index (χ4v) is 4.55. The lowest BCUT2D eigenvalue weighted by molar-refractivity contribution is -0.115. The molecule has 1 amide bonds. The van der Waals surface area contributed by atoms with E-state index in [-0.39, 0.29) is 5.91 Å². The van der Waals surface area contributed by atoms with E-state index in [0.717, 1.165) is 27.9 Å². The van der Waals surface area contributed by atoms with Crippen LogP contribution in [0.1, 0.15) is 18.2 Å². The Morgan fingerprint density at radius 2 is 1.88 bits per heavy atom. The number of carbonyl (C=O) groups excluding carboxylic acids is 1. The number of aromatic nitrogens is 1. The van der Waals surface area contributed by atoms with Crippen molar-refractivity contribution in [2.45, 2.75) is 18.4 Å². The van der Waals surface area contributed by atoms with Gasteiger partial charge < -0.3 is 0 Å². The lowest BCUT2D eigenvalue weighted by Crippen LogP contribution is -2.22. The molecule has 0 bridgehead atoms. The normalized spacial score (nSPS) is 10.7. The van der Waals surface area contributed by atoms with Gasteiger partial charge in [0.15, 0.2) is 5.13 Å². The summed E-state index contributed by atoms with van der Waals surface area (Å²) in [7, 11) is 0. The second kappa shape index (κ2) is 8.91. The summed E-state index contributed by atoms with van der Waals surface area (Å²) in [4.78, 5) is 18.3. The molecular weight excluding hydrogens is 407 g/mol. The number of halogens is 2. The Kier molecular flexibility index (Phi) is 6.59. The summed E-state index contributed by atoms with van der Waals surface area (Å²) in [5, 5.41) is 3.98. The van der Waals surface area contributed by atoms with Gasteiger partial charge in [0.2, 0.25) is 5.91 Å². The van der Waals surface area contributed by atoms with Crippen LogP contribution in [0.3, 0.4) is 0 Å². The van der Waals surface area contributed by atoms with Gasteiger partial charge in [0, 0.05) is 33.9 Å². The van der Waals surface area contributed by atoms with Crippen LogP contribution in [-0.2, 0) is 16.3 Å². The Balaban J connectivity index is 1.67. The first-order valence-electron chi connectivity index (χ1n) is 7.86. The van der Waals surface area contributed by atoms with Crippen LogP contribution in [0.15, 0.2) is 53.9 Å². The predicted octanol–water partition coefficient (Wildman–Crippen LogP) is 6.57. The van der Waals surface area contributed by atoms with Gasteiger partial charge in [-0.25, -0.2) is 4.98 Å². The van der Waals surface area contributed by atoms with Crippen molar-refractivity contribution in [3.05, 3.63) is 75.2 Å². The highest BCUT2D eigenvalue weighted by Crippen LogP contribution is 2.31. The lowest BCUT2D eigenvalue weighted by atomic mass is 10.2. The number of rotatable bonds is 6. The maximum Gasteiger partial charge on any atom is 0.230 e. The van der Waals surface area contributed by atoms with Gasteiger partial charge >= 0.3 is 0 Å². The average Bonchev–Trinajstić information content (AvgIpc) is 3.05. The summed E-state index contributed by atoms with van der Waals surface area (Å²) in [6, 6.07) is 15.1. The van der Waals surface area contributed by atoms with Crippen molar-refractivity contribution in [3.8, 4) is 0 Å². The number of benzene rings is 2. The summed E-state index contributed by atoms with van der Waals surface area (Å²) in [5.41, 5.74) is 2.90. The molecule has 2 aromatic carbocycles. The van der Waals surface area contributed by atoms with E-state index in [2.05, 4.69) is 4.98 Å². The van der Waals surface area contributed by atoms with Crippen LogP contribution in [0.5, 0.6) is 0 Å². The Bertz CT molecular complexity index is 897. The molecule has 0 aliphatic heterocycles. The van der Waals surface area contributed by atoms with Crippen LogP contribution in [0, 0.1) is 0 Å². The molecule has 0 unspecified atom stereocenters. The second-order valence-corrected chi connectivity index (χ2v) is 8.27. The Morgan fingerprint density at radius 1 is 1.12 bits per heavy atom. The van der Waals surface area contributed by atoms with E-state index in [1.807, 2.05) is 41.8 Å². The summed E-state index contributed by atoms with van der Waals surface area (Å²) in [5.74, 6) is 1.57. The predicted molar refractivity (Wildman–Crippen MR) is 113 cm³/mol. The van der Waals surface area contributed by atoms with Gasteiger partial charge in [0.25, 0.3) is 0 Å². The largest absolute Gasteiger partial charge is 0.274 e. The van der Waals surface area contributed by atoms with Gasteiger partial charge in [-0.3, -0.25) is 9.69 Å². The van der Waals surface area contributed by atoms with Crippen molar-refractivity contribution < 1.29 is 4.79 Å². The number of amides is 1. The van der Waals surface area contributed by atoms with Crippen molar-refractivity contribution in [1.29, 1.82) is 0 Å². The number of carbonyl (C=O) groups is 1. The summed E-state index contributed by atoms with van der Waals surface area (Å²) < 4.78 is 0. The number of hydrogen-bond acceptors (Lipinski definition) is 4. The van der Waals surface area contributed by atoms with Crippen LogP contribution in [0.4, 0.5) is 10.8 Å². The van der Waals surface area contributed by atoms with Crippen molar-refractivity contribution in [1.82, 2.24) is 4.98 Å². The van der Waals surface area contributed by atoms with E-state index in [0.29, 0.717) is 10.2 Å². The van der Waals surface area contributed by atoms with E-state index < -0.39 is 0 Å². The van der Waals surface area contributed by atoms with E-state index >= 15 is 0 Å². The van der Waals surface area contributed by atoms with Crippen LogP contribution < -0.4 is 4.90 Å². The van der Waals surface area contributed by atoms with Crippen LogP contribution in [-0.4, -0.2) is 10.9 Å². The molecule has 0 atom stereocenters. The molecule has 0 aliphatic rings. The molecule has 0 fully saturated rings. The quantitative estimate of drug-likeness (QED) is 0.450. The van der Waals surface area contributed by atoms with E-state index in [1.165, 1.54) is 23.8 Å². The minimum absolute atomic E-state index is 0.0954. The van der Waals surface area contributed by atoms with Gasteiger partial charge in [0.05, 0.1) is 11.4 Å². The number of anilines is 2. The van der Waals surface area contributed by atoms with Crippen molar-refractivity contribution in [2.24, 2.45) is 0 Å². The SMILES string of the molecule is CC(=O)N(c1cccc(Cl)c1)c1nc(CSCc2ccc(Cl)cc2)cs1. The van der Waals surface area contributed by atoms with Crippen LogP contribution in [0.2, 0.25) is 10.0 Å². The summed E-state index contributed by atoms with van der Waals surface area (Å²) in [6.07, 6.45) is 0. The molecule has 3 aromatic rings. The van der Waals surface area contributed by atoms with E-state index in [1.54, 1.807) is 28.8 Å². The maximum absolute atomic E-state index is 12.1. The summed E-state index contributed by atoms with van der Waals surface area (Å²) >= 11 is 15.2. The minimum atomic E-state index is -0.0954. The molecule has 3 nitrogen and oxygen atoms in total. The zero-order valence-electron chi connectivity index (χ0n) is 14.0. The standard InChI is InChI=1S/C19H16Cl2N2OS2/c1-13(24)23(18-4-2-3-16(21)9-18)19-22-17(12-26-19)11-25-10-14-5-7-15(20)8-6-14/h2-9,12H,10-11H2,1H3. The van der Waals surface area contributed by atoms with Gasteiger partial charge in [-0.2, -0.15) is 11.8 Å². The lowest BCUT2D eigenvalue weighted by Gasteiger charge is -2.18. The molecule has 0 N–H and O–H groups in total. The molecule has 0 saturated heterocycles. The molecule has 134 valence electrons. The molecule has 0 aliphatic carbocycles. The Labute approximate surface area is 171 Å². The van der Waals surface area contributed by atoms with Gasteiger partial charge in [0.1, 0.15) is 0 Å². The highest BCUT2D eigenvalue weighted by atomic mass is 35.5. The van der Waals surface area contributed by atoms with Crippen molar-refractivity contribution in [2.75, 3.05) is 4.90 Å². The highest BCUT2D eigenvalue weighted by molar-refractivity contribution is 7.97. The first-order chi connectivity index (χ1) is 12.5. The third kappa shape index (κ3) is 5.01. The molecule has 7 heteroatoms. The monoisotopic (exact) mass is 422 g/mol. The maximum atomic E-state index is 12.1. The molecule has 3 rings (SSSR count). The molecule has 0 spiro atoms. The summed E-state index contributed by atoms with van der Waals surface area (Å²) in [6.45, 7) is 1.53. The number of hydrogen-bond donors (Lipinski definition) is 0. The molecule has 1 heterocycles. The molecular formula is C19H16Cl2N2OS2. The topological polar surface area (TPSA) is 33.2 Å². The third-order valence-corrected chi connectivity index (χ3v) is 5.94. The highest BCUT2D eigenvalue weighted by Gasteiger charge is 2.18. The first-order valence-corrected chi connectivity index (χ1v) is 10.6. The zero-order chi connectivity index (χ0) is 18.5. The van der Waals surface area contributed by atoms with E-state index in [9.17, 15) is 4.79 Å². The molecule has 0 radical (unpaired) electrons. The van der Waals surface area contributed by atoms with Gasteiger partial charge in [-0.15, -0.1) is 11.3 Å². The van der Waals surface area contributed by atoms with Crippen molar-refractivity contribution in [3.63, 3.8) is 0 Å². The zero-order valence-corrected chi connectivity index (χ0v) is 17.1. The smallest absolute Gasteiger partial charge is 0.230 e. The first kappa shape index (κ1) is 19.2. The van der Waals surface area contributed by atoms with Crippen molar-refractivity contribution >= 4 is 63.0 Å². The van der Waals surface area contributed by atoms with Gasteiger partial charge in [-0.05, 0) is 35.9 Å². The van der Waals surface area contributed by atoms with Crippen LogP contribution in [0.25, 0.3) is 0 Å². The van der Waals surface area contributed by atoms with Gasteiger partial charge in [-0.1, -0.05) is 41.4 Å². The van der Waals surface area contributed by atoms with Crippen LogP contribution >= 0.6 is 46.3 Å². The minimum Gasteiger partial charge on any atom is -0.274 e. The Hall–Kier alpha value is -1.53.